The van der Waals surface area contributed by atoms with Gasteiger partial charge in [-0.1, -0.05) is 6.42 Å². The topological polar surface area (TPSA) is 37.3 Å². The average molecular weight is 128 g/mol. The Morgan fingerprint density at radius 3 is 2.44 bits per heavy atom. The Labute approximate surface area is 54.9 Å². The molecule has 1 rings (SSSR count). The number of hydrogen-bond acceptors (Lipinski definition) is 2. The molecule has 0 aromatic carbocycles. The van der Waals surface area contributed by atoms with Crippen molar-refractivity contribution < 1.29 is 9.90 Å². The maximum absolute atomic E-state index is 10.7. The van der Waals surface area contributed by atoms with Crippen LogP contribution in [-0.4, -0.2) is 17.0 Å². The monoisotopic (exact) mass is 128 g/mol. The van der Waals surface area contributed by atoms with Crippen LogP contribution in [0.5, 0.6) is 0 Å². The molecular formula is C7H12O2. The van der Waals surface area contributed by atoms with Crippen LogP contribution in [0.1, 0.15) is 26.2 Å². The number of rotatable bonds is 1. The van der Waals surface area contributed by atoms with Crippen molar-refractivity contribution in [3.63, 3.8) is 0 Å². The fraction of sp³-hybridized carbons (Fsp3) is 0.857. The molecular weight excluding hydrogens is 116 g/mol. The van der Waals surface area contributed by atoms with Crippen LogP contribution < -0.4 is 0 Å². The molecule has 0 radical (unpaired) electrons. The molecule has 9 heavy (non-hydrogen) atoms. The van der Waals surface area contributed by atoms with Crippen LogP contribution in [0.4, 0.5) is 0 Å². The Kier molecular flexibility index (Phi) is 1.86. The Morgan fingerprint density at radius 1 is 1.56 bits per heavy atom. The zero-order valence-electron chi connectivity index (χ0n) is 5.63. The third-order valence-corrected chi connectivity index (χ3v) is 2.00. The summed E-state index contributed by atoms with van der Waals surface area (Å²) in [5.41, 5.74) is 0. The van der Waals surface area contributed by atoms with Gasteiger partial charge in [-0.25, -0.2) is 0 Å². The third kappa shape index (κ3) is 1.30. The number of aliphatic hydroxyl groups excluding tert-OH is 1. The lowest BCUT2D eigenvalue weighted by molar-refractivity contribution is -0.123. The molecule has 0 aliphatic heterocycles. The summed E-state index contributed by atoms with van der Waals surface area (Å²) < 4.78 is 0. The van der Waals surface area contributed by atoms with Gasteiger partial charge in [0.15, 0.2) is 0 Å². The van der Waals surface area contributed by atoms with E-state index in [1.807, 2.05) is 0 Å². The highest BCUT2D eigenvalue weighted by Gasteiger charge is 2.28. The molecule has 1 saturated carbocycles. The second-order valence-corrected chi connectivity index (χ2v) is 2.72. The zero-order chi connectivity index (χ0) is 6.85. The van der Waals surface area contributed by atoms with E-state index in [1.54, 1.807) is 6.92 Å². The van der Waals surface area contributed by atoms with E-state index in [0.717, 1.165) is 19.3 Å². The molecule has 2 atom stereocenters. The summed E-state index contributed by atoms with van der Waals surface area (Å²) in [5, 5.41) is 9.14. The molecule has 0 aromatic rings. The second-order valence-electron chi connectivity index (χ2n) is 2.72. The van der Waals surface area contributed by atoms with Gasteiger partial charge in [-0.15, -0.1) is 0 Å². The maximum Gasteiger partial charge on any atom is 0.135 e. The number of carbonyl (C=O) groups is 1. The number of Topliss-reactive ketones (excluding diaryl/α,β-unsaturated/α-hetero) is 1. The lowest BCUT2D eigenvalue weighted by Gasteiger charge is -2.08. The smallest absolute Gasteiger partial charge is 0.135 e. The maximum atomic E-state index is 10.7. The number of carbonyl (C=O) groups excluding carboxylic acids is 1. The lowest BCUT2D eigenvalue weighted by atomic mass is 10.0. The summed E-state index contributed by atoms with van der Waals surface area (Å²) in [6.07, 6.45) is 2.36. The van der Waals surface area contributed by atoms with E-state index in [2.05, 4.69) is 0 Å². The Bertz CT molecular complexity index is 120. The van der Waals surface area contributed by atoms with Gasteiger partial charge in [0.05, 0.1) is 6.10 Å². The first kappa shape index (κ1) is 6.75. The van der Waals surface area contributed by atoms with Crippen LogP contribution in [0.25, 0.3) is 0 Å². The Morgan fingerprint density at radius 2 is 2.22 bits per heavy atom. The van der Waals surface area contributed by atoms with E-state index < -0.39 is 0 Å². The first-order valence-corrected chi connectivity index (χ1v) is 3.40. The minimum atomic E-state index is -0.345. The SMILES string of the molecule is CC(=O)[C@@H]1CCC[C@@H]1O. The highest BCUT2D eigenvalue weighted by atomic mass is 16.3. The second kappa shape index (κ2) is 2.48. The molecule has 2 nitrogen and oxygen atoms in total. The predicted molar refractivity (Wildman–Crippen MR) is 34.0 cm³/mol. The quantitative estimate of drug-likeness (QED) is 0.565. The van der Waals surface area contributed by atoms with E-state index in [-0.39, 0.29) is 17.8 Å². The molecule has 1 aliphatic carbocycles. The number of hydrogen-bond donors (Lipinski definition) is 1. The third-order valence-electron chi connectivity index (χ3n) is 2.00. The number of ketones is 1. The Hall–Kier alpha value is -0.370. The van der Waals surface area contributed by atoms with Crippen LogP contribution in [0.15, 0.2) is 0 Å². The average Bonchev–Trinajstić information content (AvgIpc) is 2.13. The van der Waals surface area contributed by atoms with Gasteiger partial charge in [-0.3, -0.25) is 4.79 Å². The molecule has 52 valence electrons. The minimum Gasteiger partial charge on any atom is -0.392 e. The van der Waals surface area contributed by atoms with E-state index in [0.29, 0.717) is 0 Å². The molecule has 0 saturated heterocycles. The highest BCUT2D eigenvalue weighted by Crippen LogP contribution is 2.25. The summed E-state index contributed by atoms with van der Waals surface area (Å²) >= 11 is 0. The highest BCUT2D eigenvalue weighted by molar-refractivity contribution is 5.79. The van der Waals surface area contributed by atoms with Crippen molar-refractivity contribution in [2.45, 2.75) is 32.3 Å². The van der Waals surface area contributed by atoms with Crippen molar-refractivity contribution in [1.29, 1.82) is 0 Å². The van der Waals surface area contributed by atoms with Crippen LogP contribution >= 0.6 is 0 Å². The van der Waals surface area contributed by atoms with Gasteiger partial charge in [0, 0.05) is 5.92 Å². The minimum absolute atomic E-state index is 0.0509. The van der Waals surface area contributed by atoms with Crippen molar-refractivity contribution in [2.75, 3.05) is 0 Å². The van der Waals surface area contributed by atoms with Crippen LogP contribution in [-0.2, 0) is 4.79 Å². The van der Waals surface area contributed by atoms with Crippen molar-refractivity contribution in [3.8, 4) is 0 Å². The van der Waals surface area contributed by atoms with Crippen molar-refractivity contribution in [2.24, 2.45) is 5.92 Å². The van der Waals surface area contributed by atoms with E-state index in [4.69, 9.17) is 5.11 Å². The molecule has 0 unspecified atom stereocenters. The zero-order valence-corrected chi connectivity index (χ0v) is 5.63. The van der Waals surface area contributed by atoms with Crippen molar-refractivity contribution in [1.82, 2.24) is 0 Å². The van der Waals surface area contributed by atoms with Gasteiger partial charge in [0.25, 0.3) is 0 Å². The summed E-state index contributed by atoms with van der Waals surface area (Å²) in [6, 6.07) is 0. The molecule has 0 spiro atoms. The lowest BCUT2D eigenvalue weighted by Crippen LogP contribution is -2.19. The van der Waals surface area contributed by atoms with Gasteiger partial charge in [-0.05, 0) is 19.8 Å². The summed E-state index contributed by atoms with van der Waals surface area (Å²) in [5.74, 6) is 0.0880. The van der Waals surface area contributed by atoms with E-state index >= 15 is 0 Å². The van der Waals surface area contributed by atoms with Gasteiger partial charge in [0.2, 0.25) is 0 Å². The largest absolute Gasteiger partial charge is 0.392 e. The van der Waals surface area contributed by atoms with Crippen molar-refractivity contribution >= 4 is 5.78 Å². The summed E-state index contributed by atoms with van der Waals surface area (Å²) in [7, 11) is 0. The van der Waals surface area contributed by atoms with Crippen LogP contribution in [0.2, 0.25) is 0 Å². The fourth-order valence-corrected chi connectivity index (χ4v) is 1.41. The number of aliphatic hydroxyl groups is 1. The van der Waals surface area contributed by atoms with E-state index in [9.17, 15) is 4.79 Å². The molecule has 0 aromatic heterocycles. The summed E-state index contributed by atoms with van der Waals surface area (Å²) in [6.45, 7) is 1.55. The molecule has 1 fully saturated rings. The standard InChI is InChI=1S/C7H12O2/c1-5(8)6-3-2-4-7(6)9/h6-7,9H,2-4H2,1H3/t6-,7-/m0/s1. The normalized spacial score (nSPS) is 34.9. The molecule has 0 amide bonds. The van der Waals surface area contributed by atoms with Crippen LogP contribution in [0, 0.1) is 5.92 Å². The van der Waals surface area contributed by atoms with E-state index in [1.165, 1.54) is 0 Å². The molecule has 1 aliphatic rings. The Balaban J connectivity index is 2.49. The van der Waals surface area contributed by atoms with Gasteiger partial charge >= 0.3 is 0 Å². The van der Waals surface area contributed by atoms with Crippen molar-refractivity contribution in [3.05, 3.63) is 0 Å². The molecule has 0 bridgehead atoms. The first-order chi connectivity index (χ1) is 4.22. The van der Waals surface area contributed by atoms with Gasteiger partial charge in [0.1, 0.15) is 5.78 Å². The van der Waals surface area contributed by atoms with Crippen LogP contribution in [0.3, 0.4) is 0 Å². The van der Waals surface area contributed by atoms with Gasteiger partial charge in [-0.2, -0.15) is 0 Å². The summed E-state index contributed by atoms with van der Waals surface area (Å²) in [4.78, 5) is 10.7. The molecule has 1 N–H and O–H groups in total. The predicted octanol–water partition coefficient (Wildman–Crippen LogP) is 0.736. The molecule has 0 heterocycles. The first-order valence-electron chi connectivity index (χ1n) is 3.40. The molecule has 2 heteroatoms. The fourth-order valence-electron chi connectivity index (χ4n) is 1.41. The van der Waals surface area contributed by atoms with Gasteiger partial charge < -0.3 is 5.11 Å².